The second-order valence-corrected chi connectivity index (χ2v) is 6.14. The summed E-state index contributed by atoms with van der Waals surface area (Å²) in [6, 6.07) is 13.4. The molecule has 0 saturated heterocycles. The van der Waals surface area contributed by atoms with Crippen molar-refractivity contribution in [1.29, 1.82) is 0 Å². The van der Waals surface area contributed by atoms with Gasteiger partial charge in [0.2, 0.25) is 5.91 Å². The summed E-state index contributed by atoms with van der Waals surface area (Å²) >= 11 is 5.87. The van der Waals surface area contributed by atoms with Gasteiger partial charge in [-0.15, -0.1) is 0 Å². The summed E-state index contributed by atoms with van der Waals surface area (Å²) in [5.74, 6) is -0.945. The zero-order valence-corrected chi connectivity index (χ0v) is 14.8. The highest BCUT2D eigenvalue weighted by molar-refractivity contribution is 6.30. The van der Waals surface area contributed by atoms with E-state index in [0.717, 1.165) is 5.56 Å². The van der Waals surface area contributed by atoms with Gasteiger partial charge in [0.15, 0.2) is 0 Å². The fourth-order valence-corrected chi connectivity index (χ4v) is 2.59. The molecule has 2 rings (SSSR count). The maximum Gasteiger partial charge on any atom is 0.305 e. The normalized spacial score (nSPS) is 12.9. The van der Waals surface area contributed by atoms with Crippen LogP contribution >= 0.6 is 11.6 Å². The highest BCUT2D eigenvalue weighted by Gasteiger charge is 2.22. The number of hydrogen-bond donors (Lipinski definition) is 2. The van der Waals surface area contributed by atoms with E-state index in [4.69, 9.17) is 21.4 Å². The number of aliphatic carboxylic acids is 1. The number of carbonyl (C=O) groups excluding carboxylic acids is 1. The summed E-state index contributed by atoms with van der Waals surface area (Å²) in [4.78, 5) is 23.7. The first-order valence-corrected chi connectivity index (χ1v) is 8.20. The molecule has 0 aliphatic carbocycles. The van der Waals surface area contributed by atoms with Gasteiger partial charge in [-0.1, -0.05) is 35.9 Å². The van der Waals surface area contributed by atoms with E-state index in [1.54, 1.807) is 50.4 Å². The van der Waals surface area contributed by atoms with Crippen molar-refractivity contribution in [2.45, 2.75) is 25.3 Å². The topological polar surface area (TPSA) is 75.6 Å². The van der Waals surface area contributed by atoms with Crippen LogP contribution in [0.15, 0.2) is 48.5 Å². The molecule has 0 fully saturated rings. The third-order valence-electron chi connectivity index (χ3n) is 3.98. The molecule has 0 aliphatic rings. The molecule has 2 aromatic carbocycles. The van der Waals surface area contributed by atoms with Crippen LogP contribution < -0.4 is 10.1 Å². The Morgan fingerprint density at radius 3 is 2.16 bits per heavy atom. The maximum absolute atomic E-state index is 12.6. The molecule has 5 nitrogen and oxygen atoms in total. The number of halogens is 1. The van der Waals surface area contributed by atoms with Crippen molar-refractivity contribution in [2.24, 2.45) is 0 Å². The predicted octanol–water partition coefficient (Wildman–Crippen LogP) is 3.78. The molecule has 2 atom stereocenters. The molecular formula is C19H20ClNO4. The Balaban J connectivity index is 2.14. The first kappa shape index (κ1) is 18.8. The van der Waals surface area contributed by atoms with Crippen LogP contribution in [0.25, 0.3) is 0 Å². The highest BCUT2D eigenvalue weighted by atomic mass is 35.5. The van der Waals surface area contributed by atoms with Crippen LogP contribution in [0.5, 0.6) is 5.75 Å². The van der Waals surface area contributed by atoms with Crippen molar-refractivity contribution >= 4 is 23.5 Å². The molecule has 0 heterocycles. The van der Waals surface area contributed by atoms with Crippen molar-refractivity contribution < 1.29 is 19.4 Å². The lowest BCUT2D eigenvalue weighted by Crippen LogP contribution is -2.33. The fraction of sp³-hybridized carbons (Fsp3) is 0.263. The van der Waals surface area contributed by atoms with Gasteiger partial charge in [0.05, 0.1) is 25.5 Å². The molecular weight excluding hydrogens is 342 g/mol. The zero-order valence-electron chi connectivity index (χ0n) is 14.0. The second kappa shape index (κ2) is 8.53. The summed E-state index contributed by atoms with van der Waals surface area (Å²) in [5, 5.41) is 12.5. The van der Waals surface area contributed by atoms with E-state index in [9.17, 15) is 9.59 Å². The van der Waals surface area contributed by atoms with Crippen molar-refractivity contribution in [2.75, 3.05) is 7.11 Å². The SMILES string of the molecule is COc1ccc(C(C)C(=O)N[C@@H](CC(=O)O)c2ccc(Cl)cc2)cc1. The van der Waals surface area contributed by atoms with Crippen molar-refractivity contribution in [3.05, 3.63) is 64.7 Å². The van der Waals surface area contributed by atoms with Gasteiger partial charge in [-0.2, -0.15) is 0 Å². The number of rotatable bonds is 7. The number of carboxylic acids is 1. The van der Waals surface area contributed by atoms with Gasteiger partial charge in [0.25, 0.3) is 0 Å². The average Bonchev–Trinajstić information content (AvgIpc) is 2.60. The van der Waals surface area contributed by atoms with E-state index in [1.165, 1.54) is 0 Å². The molecule has 0 aliphatic heterocycles. The highest BCUT2D eigenvalue weighted by Crippen LogP contribution is 2.23. The number of ether oxygens (including phenoxy) is 1. The van der Waals surface area contributed by atoms with E-state index in [2.05, 4.69) is 5.32 Å². The maximum atomic E-state index is 12.6. The Hall–Kier alpha value is -2.53. The number of hydrogen-bond acceptors (Lipinski definition) is 3. The van der Waals surface area contributed by atoms with Crippen molar-refractivity contribution in [1.82, 2.24) is 5.32 Å². The molecule has 1 amide bonds. The van der Waals surface area contributed by atoms with Crippen LogP contribution in [0.3, 0.4) is 0 Å². The lowest BCUT2D eigenvalue weighted by Gasteiger charge is -2.20. The molecule has 0 radical (unpaired) electrons. The zero-order chi connectivity index (χ0) is 18.4. The molecule has 2 N–H and O–H groups in total. The predicted molar refractivity (Wildman–Crippen MR) is 96.0 cm³/mol. The van der Waals surface area contributed by atoms with E-state index in [1.807, 2.05) is 12.1 Å². The van der Waals surface area contributed by atoms with Crippen LogP contribution in [0.4, 0.5) is 0 Å². The van der Waals surface area contributed by atoms with Gasteiger partial charge in [-0.25, -0.2) is 0 Å². The number of nitrogens with one attached hydrogen (secondary N) is 1. The molecule has 6 heteroatoms. The summed E-state index contributed by atoms with van der Waals surface area (Å²) < 4.78 is 5.11. The van der Waals surface area contributed by atoms with Crippen molar-refractivity contribution in [3.63, 3.8) is 0 Å². The van der Waals surface area contributed by atoms with Gasteiger partial charge in [0.1, 0.15) is 5.75 Å². The quantitative estimate of drug-likeness (QED) is 0.786. The minimum atomic E-state index is -0.989. The lowest BCUT2D eigenvalue weighted by molar-refractivity contribution is -0.137. The Morgan fingerprint density at radius 2 is 1.64 bits per heavy atom. The first-order chi connectivity index (χ1) is 11.9. The number of carbonyl (C=O) groups is 2. The standard InChI is InChI=1S/C19H20ClNO4/c1-12(13-5-9-16(25-2)10-6-13)19(24)21-17(11-18(22)23)14-3-7-15(20)8-4-14/h3-10,12,17H,11H2,1-2H3,(H,21,24)(H,22,23)/t12?,17-/m0/s1. The van der Waals surface area contributed by atoms with Crippen LogP contribution in [-0.2, 0) is 9.59 Å². The van der Waals surface area contributed by atoms with Gasteiger partial charge >= 0.3 is 5.97 Å². The molecule has 0 saturated carbocycles. The summed E-state index contributed by atoms with van der Waals surface area (Å²) in [7, 11) is 1.58. The number of methoxy groups -OCH3 is 1. The van der Waals surface area contributed by atoms with Crippen LogP contribution in [-0.4, -0.2) is 24.1 Å². The van der Waals surface area contributed by atoms with E-state index < -0.39 is 17.9 Å². The van der Waals surface area contributed by atoms with Gasteiger partial charge in [-0.3, -0.25) is 9.59 Å². The van der Waals surface area contributed by atoms with Gasteiger partial charge in [0, 0.05) is 5.02 Å². The Kier molecular flexibility index (Phi) is 6.42. The molecule has 0 bridgehead atoms. The molecule has 25 heavy (non-hydrogen) atoms. The summed E-state index contributed by atoms with van der Waals surface area (Å²) in [6.07, 6.45) is -0.206. The fourth-order valence-electron chi connectivity index (χ4n) is 2.46. The number of amides is 1. The Bertz CT molecular complexity index is 728. The van der Waals surface area contributed by atoms with Crippen LogP contribution in [0.2, 0.25) is 5.02 Å². The van der Waals surface area contributed by atoms with Crippen LogP contribution in [0, 0.1) is 0 Å². The lowest BCUT2D eigenvalue weighted by atomic mass is 9.98. The number of carboxylic acid groups (broad SMARTS) is 1. The Morgan fingerprint density at radius 1 is 1.08 bits per heavy atom. The number of benzene rings is 2. The summed E-state index contributed by atoms with van der Waals surface area (Å²) in [5.41, 5.74) is 1.52. The monoisotopic (exact) mass is 361 g/mol. The third kappa shape index (κ3) is 5.22. The second-order valence-electron chi connectivity index (χ2n) is 5.71. The minimum Gasteiger partial charge on any atom is -0.497 e. The smallest absolute Gasteiger partial charge is 0.305 e. The summed E-state index contributed by atoms with van der Waals surface area (Å²) in [6.45, 7) is 1.77. The third-order valence-corrected chi connectivity index (χ3v) is 4.23. The van der Waals surface area contributed by atoms with E-state index in [0.29, 0.717) is 16.3 Å². The first-order valence-electron chi connectivity index (χ1n) is 7.82. The largest absolute Gasteiger partial charge is 0.497 e. The molecule has 132 valence electrons. The average molecular weight is 362 g/mol. The Labute approximate surface area is 151 Å². The molecule has 1 unspecified atom stereocenters. The van der Waals surface area contributed by atoms with Gasteiger partial charge < -0.3 is 15.2 Å². The minimum absolute atomic E-state index is 0.206. The van der Waals surface area contributed by atoms with Gasteiger partial charge in [-0.05, 0) is 42.3 Å². The van der Waals surface area contributed by atoms with E-state index >= 15 is 0 Å². The molecule has 0 spiro atoms. The van der Waals surface area contributed by atoms with Crippen LogP contribution in [0.1, 0.15) is 36.4 Å². The van der Waals surface area contributed by atoms with Crippen molar-refractivity contribution in [3.8, 4) is 5.75 Å². The molecule has 2 aromatic rings. The van der Waals surface area contributed by atoms with E-state index in [-0.39, 0.29) is 12.3 Å². The molecule has 0 aromatic heterocycles.